The molecule has 8 nitrogen and oxygen atoms in total. The van der Waals surface area contributed by atoms with E-state index in [0.29, 0.717) is 16.4 Å². The maximum atomic E-state index is 12.4. The summed E-state index contributed by atoms with van der Waals surface area (Å²) in [5.41, 5.74) is 0.437. The van der Waals surface area contributed by atoms with E-state index in [1.807, 2.05) is 0 Å². The Hall–Kier alpha value is -2.87. The molecule has 1 aliphatic rings. The molecule has 148 valence electrons. The highest BCUT2D eigenvalue weighted by Crippen LogP contribution is 2.17. The Kier molecular flexibility index (Phi) is 6.30. The number of hydrogen-bond donors (Lipinski definition) is 2. The molecule has 0 atom stereocenters. The normalized spacial score (nSPS) is 13.9. The molecule has 1 aromatic carbocycles. The number of halogens is 1. The monoisotopic (exact) mass is 403 g/mol. The summed E-state index contributed by atoms with van der Waals surface area (Å²) < 4.78 is 1.39. The topological polar surface area (TPSA) is 96.3 Å². The molecule has 3 rings (SSSR count). The SMILES string of the molecule is Cn1nc(C(=O)NCC(=O)N2CCCCC2)cc1NC(=O)c1ccccc1Cl. The van der Waals surface area contributed by atoms with Gasteiger partial charge in [0.05, 0.1) is 17.1 Å². The lowest BCUT2D eigenvalue weighted by atomic mass is 10.1. The van der Waals surface area contributed by atoms with Crippen LogP contribution in [0.15, 0.2) is 30.3 Å². The number of likely N-dealkylation sites (tertiary alicyclic amines) is 1. The third-order valence-electron chi connectivity index (χ3n) is 4.58. The van der Waals surface area contributed by atoms with Crippen LogP contribution in [0, 0.1) is 0 Å². The van der Waals surface area contributed by atoms with E-state index in [0.717, 1.165) is 32.4 Å². The Bertz CT molecular complexity index is 889. The van der Waals surface area contributed by atoms with Crippen LogP contribution in [0.1, 0.15) is 40.1 Å². The molecule has 3 amide bonds. The molecule has 1 aromatic heterocycles. The minimum Gasteiger partial charge on any atom is -0.342 e. The van der Waals surface area contributed by atoms with E-state index in [9.17, 15) is 14.4 Å². The van der Waals surface area contributed by atoms with E-state index < -0.39 is 11.8 Å². The maximum Gasteiger partial charge on any atom is 0.272 e. The number of amides is 3. The van der Waals surface area contributed by atoms with Crippen molar-refractivity contribution in [1.82, 2.24) is 20.0 Å². The first-order chi connectivity index (χ1) is 13.5. The van der Waals surface area contributed by atoms with Gasteiger partial charge in [-0.25, -0.2) is 0 Å². The lowest BCUT2D eigenvalue weighted by Gasteiger charge is -2.26. The van der Waals surface area contributed by atoms with Gasteiger partial charge in [-0.1, -0.05) is 23.7 Å². The fourth-order valence-electron chi connectivity index (χ4n) is 3.03. The smallest absolute Gasteiger partial charge is 0.272 e. The third kappa shape index (κ3) is 4.69. The quantitative estimate of drug-likeness (QED) is 0.798. The predicted octanol–water partition coefficient (Wildman–Crippen LogP) is 2.07. The van der Waals surface area contributed by atoms with Crippen molar-refractivity contribution >= 4 is 35.1 Å². The van der Waals surface area contributed by atoms with Crippen molar-refractivity contribution in [2.45, 2.75) is 19.3 Å². The molecular weight excluding hydrogens is 382 g/mol. The van der Waals surface area contributed by atoms with Crippen molar-refractivity contribution in [2.75, 3.05) is 25.0 Å². The van der Waals surface area contributed by atoms with E-state index in [4.69, 9.17) is 11.6 Å². The second-order valence-electron chi connectivity index (χ2n) is 6.60. The van der Waals surface area contributed by atoms with Gasteiger partial charge in [-0.05, 0) is 31.4 Å². The molecular formula is C19H22ClN5O3. The summed E-state index contributed by atoms with van der Waals surface area (Å²) in [6.07, 6.45) is 3.12. The number of nitrogens with zero attached hydrogens (tertiary/aromatic N) is 3. The molecule has 2 N–H and O–H groups in total. The van der Waals surface area contributed by atoms with Crippen molar-refractivity contribution in [2.24, 2.45) is 7.05 Å². The van der Waals surface area contributed by atoms with Crippen molar-refractivity contribution in [1.29, 1.82) is 0 Å². The second-order valence-corrected chi connectivity index (χ2v) is 7.00. The first kappa shape index (κ1) is 19.9. The largest absolute Gasteiger partial charge is 0.342 e. The lowest BCUT2D eigenvalue weighted by Crippen LogP contribution is -2.42. The number of aryl methyl sites for hydroxylation is 1. The first-order valence-electron chi connectivity index (χ1n) is 9.11. The highest BCUT2D eigenvalue weighted by Gasteiger charge is 2.19. The van der Waals surface area contributed by atoms with Gasteiger partial charge in [0.25, 0.3) is 11.8 Å². The molecule has 0 saturated carbocycles. The van der Waals surface area contributed by atoms with Crippen molar-refractivity contribution < 1.29 is 14.4 Å². The van der Waals surface area contributed by atoms with Crippen LogP contribution in [0.4, 0.5) is 5.82 Å². The van der Waals surface area contributed by atoms with E-state index in [-0.39, 0.29) is 18.1 Å². The minimum absolute atomic E-state index is 0.0727. The lowest BCUT2D eigenvalue weighted by molar-refractivity contribution is -0.130. The zero-order valence-corrected chi connectivity index (χ0v) is 16.3. The van der Waals surface area contributed by atoms with Crippen LogP contribution in [-0.4, -0.2) is 52.0 Å². The molecule has 2 aromatic rings. The number of carbonyl (C=O) groups is 3. The Morgan fingerprint density at radius 1 is 1.11 bits per heavy atom. The van der Waals surface area contributed by atoms with Gasteiger partial charge in [-0.3, -0.25) is 19.1 Å². The van der Waals surface area contributed by atoms with Crippen LogP contribution in [0.25, 0.3) is 0 Å². The summed E-state index contributed by atoms with van der Waals surface area (Å²) >= 11 is 6.03. The number of benzene rings is 1. The second kappa shape index (κ2) is 8.88. The van der Waals surface area contributed by atoms with E-state index >= 15 is 0 Å². The highest BCUT2D eigenvalue weighted by atomic mass is 35.5. The maximum absolute atomic E-state index is 12.4. The number of rotatable bonds is 5. The van der Waals surface area contributed by atoms with Gasteiger partial charge in [-0.15, -0.1) is 0 Å². The van der Waals surface area contributed by atoms with Gasteiger partial charge in [0, 0.05) is 26.2 Å². The molecule has 1 fully saturated rings. The average molecular weight is 404 g/mol. The molecule has 0 radical (unpaired) electrons. The minimum atomic E-state index is -0.473. The number of anilines is 1. The predicted molar refractivity (Wildman–Crippen MR) is 105 cm³/mol. The summed E-state index contributed by atoms with van der Waals surface area (Å²) in [7, 11) is 1.61. The Morgan fingerprint density at radius 2 is 1.82 bits per heavy atom. The van der Waals surface area contributed by atoms with Gasteiger partial charge in [0.1, 0.15) is 5.82 Å². The Morgan fingerprint density at radius 3 is 2.54 bits per heavy atom. The summed E-state index contributed by atoms with van der Waals surface area (Å²) in [6, 6.07) is 8.13. The number of piperidine rings is 1. The van der Waals surface area contributed by atoms with Gasteiger partial charge < -0.3 is 15.5 Å². The molecule has 2 heterocycles. The van der Waals surface area contributed by atoms with Crippen LogP contribution >= 0.6 is 11.6 Å². The third-order valence-corrected chi connectivity index (χ3v) is 4.91. The van der Waals surface area contributed by atoms with Crippen LogP contribution in [0.5, 0.6) is 0 Å². The van der Waals surface area contributed by atoms with Crippen molar-refractivity contribution in [3.8, 4) is 0 Å². The molecule has 0 aliphatic carbocycles. The Labute approximate surface area is 167 Å². The fraction of sp³-hybridized carbons (Fsp3) is 0.368. The number of nitrogens with one attached hydrogen (secondary N) is 2. The Balaban J connectivity index is 1.59. The van der Waals surface area contributed by atoms with Crippen LogP contribution < -0.4 is 10.6 Å². The van der Waals surface area contributed by atoms with E-state index in [1.54, 1.807) is 36.2 Å². The van der Waals surface area contributed by atoms with Crippen LogP contribution in [-0.2, 0) is 11.8 Å². The van der Waals surface area contributed by atoms with Crippen LogP contribution in [0.3, 0.4) is 0 Å². The van der Waals surface area contributed by atoms with Gasteiger partial charge >= 0.3 is 0 Å². The molecule has 1 aliphatic heterocycles. The standard InChI is InChI=1S/C19H22ClN5O3/c1-24-16(22-18(27)13-7-3-4-8-14(13)20)11-15(23-24)19(28)21-12-17(26)25-9-5-2-6-10-25/h3-4,7-8,11H,2,5-6,9-10,12H2,1H3,(H,21,28)(H,22,27). The molecule has 0 spiro atoms. The molecule has 0 bridgehead atoms. The summed E-state index contributed by atoms with van der Waals surface area (Å²) in [4.78, 5) is 38.6. The highest BCUT2D eigenvalue weighted by molar-refractivity contribution is 6.34. The van der Waals surface area contributed by atoms with E-state index in [2.05, 4.69) is 15.7 Å². The molecule has 0 unspecified atom stereocenters. The molecule has 9 heteroatoms. The zero-order valence-electron chi connectivity index (χ0n) is 15.6. The van der Waals surface area contributed by atoms with Crippen molar-refractivity contribution in [3.63, 3.8) is 0 Å². The number of aromatic nitrogens is 2. The van der Waals surface area contributed by atoms with Gasteiger partial charge in [0.15, 0.2) is 5.69 Å². The van der Waals surface area contributed by atoms with Crippen LogP contribution in [0.2, 0.25) is 5.02 Å². The zero-order chi connectivity index (χ0) is 20.1. The molecule has 1 saturated heterocycles. The van der Waals surface area contributed by atoms with E-state index in [1.165, 1.54) is 10.7 Å². The summed E-state index contributed by atoms with van der Waals surface area (Å²) in [6.45, 7) is 1.39. The van der Waals surface area contributed by atoms with Crippen molar-refractivity contribution in [3.05, 3.63) is 46.6 Å². The van der Waals surface area contributed by atoms with Gasteiger partial charge in [0.2, 0.25) is 5.91 Å². The molecule has 28 heavy (non-hydrogen) atoms. The number of carbonyl (C=O) groups excluding carboxylic acids is 3. The fourth-order valence-corrected chi connectivity index (χ4v) is 3.25. The number of hydrogen-bond acceptors (Lipinski definition) is 4. The summed E-state index contributed by atoms with van der Waals surface area (Å²) in [5.74, 6) is -0.631. The average Bonchev–Trinajstić information content (AvgIpc) is 3.07. The first-order valence-corrected chi connectivity index (χ1v) is 9.49. The summed E-state index contributed by atoms with van der Waals surface area (Å²) in [5, 5.41) is 9.70. The van der Waals surface area contributed by atoms with Gasteiger partial charge in [-0.2, -0.15) is 5.10 Å².